The van der Waals surface area contributed by atoms with E-state index in [9.17, 15) is 4.39 Å². The molecule has 0 bridgehead atoms. The van der Waals surface area contributed by atoms with Crippen molar-refractivity contribution in [1.29, 1.82) is 0 Å². The Morgan fingerprint density at radius 1 is 1.37 bits per heavy atom. The third-order valence-corrected chi connectivity index (χ3v) is 4.38. The topological polar surface area (TPSA) is 15.3 Å². The number of hydrogen-bond acceptors (Lipinski definition) is 2. The van der Waals surface area contributed by atoms with Crippen LogP contribution in [-0.4, -0.2) is 31.1 Å². The third-order valence-electron chi connectivity index (χ3n) is 4.04. The quantitative estimate of drug-likeness (QED) is 0.854. The van der Waals surface area contributed by atoms with Crippen LogP contribution in [0.5, 0.6) is 0 Å². The molecule has 0 amide bonds. The van der Waals surface area contributed by atoms with Crippen molar-refractivity contribution in [2.45, 2.75) is 38.8 Å². The van der Waals surface area contributed by atoms with Crippen molar-refractivity contribution in [3.05, 3.63) is 34.6 Å². The minimum atomic E-state index is -0.250. The van der Waals surface area contributed by atoms with Gasteiger partial charge in [-0.25, -0.2) is 4.39 Å². The molecular weight excluding hydrogens is 263 g/mol. The molecule has 0 aromatic heterocycles. The monoisotopic (exact) mass is 286 g/mol. The molecule has 19 heavy (non-hydrogen) atoms. The first-order valence-corrected chi connectivity index (χ1v) is 7.10. The number of hydrogen-bond donors (Lipinski definition) is 1. The molecular formula is C15H24ClFN2. The normalized spacial score (nSPS) is 16.4. The SMILES string of the molecule is CCNC(c1cc(F)ccc1Cl)C(C)(CC)N(C)C. The summed E-state index contributed by atoms with van der Waals surface area (Å²) in [5.74, 6) is -0.250. The van der Waals surface area contributed by atoms with Crippen LogP contribution in [-0.2, 0) is 0 Å². The summed E-state index contributed by atoms with van der Waals surface area (Å²) in [7, 11) is 4.09. The van der Waals surface area contributed by atoms with Crippen molar-refractivity contribution < 1.29 is 4.39 Å². The second-order valence-electron chi connectivity index (χ2n) is 5.26. The van der Waals surface area contributed by atoms with Crippen LogP contribution in [0.15, 0.2) is 18.2 Å². The average Bonchev–Trinajstić information content (AvgIpc) is 2.38. The highest BCUT2D eigenvalue weighted by Crippen LogP contribution is 2.36. The number of likely N-dealkylation sites (N-methyl/N-ethyl adjacent to an activating group) is 2. The van der Waals surface area contributed by atoms with Gasteiger partial charge in [-0.3, -0.25) is 0 Å². The maximum absolute atomic E-state index is 13.5. The maximum atomic E-state index is 13.5. The van der Waals surface area contributed by atoms with E-state index in [4.69, 9.17) is 11.6 Å². The molecule has 0 saturated carbocycles. The van der Waals surface area contributed by atoms with Gasteiger partial charge in [0.1, 0.15) is 5.82 Å². The van der Waals surface area contributed by atoms with E-state index in [-0.39, 0.29) is 17.4 Å². The largest absolute Gasteiger partial charge is 0.309 e. The first kappa shape index (κ1) is 16.4. The molecule has 2 unspecified atom stereocenters. The van der Waals surface area contributed by atoms with Crippen LogP contribution in [0.4, 0.5) is 4.39 Å². The lowest BCUT2D eigenvalue weighted by Crippen LogP contribution is -2.51. The van der Waals surface area contributed by atoms with Gasteiger partial charge in [-0.2, -0.15) is 0 Å². The zero-order chi connectivity index (χ0) is 14.6. The molecule has 2 atom stereocenters. The summed E-state index contributed by atoms with van der Waals surface area (Å²) in [5.41, 5.74) is 0.689. The van der Waals surface area contributed by atoms with Crippen molar-refractivity contribution >= 4 is 11.6 Å². The molecule has 0 heterocycles. The molecule has 1 rings (SSSR count). The van der Waals surface area contributed by atoms with Crippen LogP contribution in [0.25, 0.3) is 0 Å². The molecule has 0 aliphatic heterocycles. The van der Waals surface area contributed by atoms with E-state index in [1.54, 1.807) is 6.07 Å². The molecule has 108 valence electrons. The molecule has 0 spiro atoms. The molecule has 0 fully saturated rings. The Morgan fingerprint density at radius 2 is 2.00 bits per heavy atom. The van der Waals surface area contributed by atoms with Gasteiger partial charge in [-0.1, -0.05) is 25.4 Å². The Bertz CT molecular complexity index is 423. The highest BCUT2D eigenvalue weighted by molar-refractivity contribution is 6.31. The van der Waals surface area contributed by atoms with Gasteiger partial charge in [-0.05, 0) is 57.7 Å². The van der Waals surface area contributed by atoms with Crippen LogP contribution in [0.3, 0.4) is 0 Å². The Hall–Kier alpha value is -0.640. The van der Waals surface area contributed by atoms with Gasteiger partial charge in [-0.15, -0.1) is 0 Å². The fraction of sp³-hybridized carbons (Fsp3) is 0.600. The minimum absolute atomic E-state index is 0.0132. The molecule has 0 radical (unpaired) electrons. The van der Waals surface area contributed by atoms with Crippen LogP contribution in [0.2, 0.25) is 5.02 Å². The van der Waals surface area contributed by atoms with E-state index in [0.717, 1.165) is 18.5 Å². The Balaban J connectivity index is 3.30. The summed E-state index contributed by atoms with van der Waals surface area (Å²) in [6.45, 7) is 7.16. The molecule has 0 aliphatic carbocycles. The molecule has 0 saturated heterocycles. The Labute approximate surface area is 120 Å². The van der Waals surface area contributed by atoms with E-state index in [2.05, 4.69) is 24.1 Å². The summed E-state index contributed by atoms with van der Waals surface area (Å²) >= 11 is 6.27. The van der Waals surface area contributed by atoms with Crippen molar-refractivity contribution in [3.8, 4) is 0 Å². The summed E-state index contributed by atoms with van der Waals surface area (Å²) in [5, 5.41) is 4.05. The number of nitrogens with zero attached hydrogens (tertiary/aromatic N) is 1. The lowest BCUT2D eigenvalue weighted by molar-refractivity contribution is 0.113. The van der Waals surface area contributed by atoms with E-state index in [1.807, 2.05) is 21.0 Å². The van der Waals surface area contributed by atoms with Crippen LogP contribution in [0, 0.1) is 5.82 Å². The second kappa shape index (κ2) is 6.69. The number of halogens is 2. The first-order chi connectivity index (χ1) is 8.86. The second-order valence-corrected chi connectivity index (χ2v) is 5.67. The molecule has 2 nitrogen and oxygen atoms in total. The average molecular weight is 287 g/mol. The Morgan fingerprint density at radius 3 is 2.47 bits per heavy atom. The van der Waals surface area contributed by atoms with E-state index >= 15 is 0 Å². The van der Waals surface area contributed by atoms with Gasteiger partial charge >= 0.3 is 0 Å². The fourth-order valence-corrected chi connectivity index (χ4v) is 2.61. The molecule has 1 aromatic rings. The van der Waals surface area contributed by atoms with Crippen LogP contribution >= 0.6 is 11.6 Å². The van der Waals surface area contributed by atoms with Gasteiger partial charge in [0.05, 0.1) is 6.04 Å². The van der Waals surface area contributed by atoms with Gasteiger partial charge < -0.3 is 10.2 Å². The lowest BCUT2D eigenvalue weighted by atomic mass is 9.83. The smallest absolute Gasteiger partial charge is 0.123 e. The van der Waals surface area contributed by atoms with E-state index < -0.39 is 0 Å². The van der Waals surface area contributed by atoms with Gasteiger partial charge in [0.15, 0.2) is 0 Å². The molecule has 1 N–H and O–H groups in total. The van der Waals surface area contributed by atoms with Gasteiger partial charge in [0.25, 0.3) is 0 Å². The molecule has 4 heteroatoms. The lowest BCUT2D eigenvalue weighted by Gasteiger charge is -2.43. The highest BCUT2D eigenvalue weighted by atomic mass is 35.5. The van der Waals surface area contributed by atoms with Crippen molar-refractivity contribution in [2.24, 2.45) is 0 Å². The standard InChI is InChI=1S/C15H24ClFN2/c1-6-15(3,19(4)5)14(18-7-2)12-10-11(17)8-9-13(12)16/h8-10,14,18H,6-7H2,1-5H3. The fourth-order valence-electron chi connectivity index (χ4n) is 2.38. The van der Waals surface area contributed by atoms with Crippen molar-refractivity contribution in [2.75, 3.05) is 20.6 Å². The van der Waals surface area contributed by atoms with Gasteiger partial charge in [0.2, 0.25) is 0 Å². The highest BCUT2D eigenvalue weighted by Gasteiger charge is 2.36. The van der Waals surface area contributed by atoms with Crippen molar-refractivity contribution in [3.63, 3.8) is 0 Å². The number of benzene rings is 1. The first-order valence-electron chi connectivity index (χ1n) is 6.72. The zero-order valence-corrected chi connectivity index (χ0v) is 13.2. The Kier molecular flexibility index (Phi) is 5.78. The van der Waals surface area contributed by atoms with Crippen molar-refractivity contribution in [1.82, 2.24) is 10.2 Å². The summed E-state index contributed by atoms with van der Waals surface area (Å²) in [6, 6.07) is 4.55. The third kappa shape index (κ3) is 3.47. The van der Waals surface area contributed by atoms with E-state index in [1.165, 1.54) is 12.1 Å². The van der Waals surface area contributed by atoms with Gasteiger partial charge in [0, 0.05) is 10.6 Å². The minimum Gasteiger partial charge on any atom is -0.309 e. The molecule has 1 aromatic carbocycles. The number of nitrogens with one attached hydrogen (secondary N) is 1. The number of rotatable bonds is 6. The van der Waals surface area contributed by atoms with E-state index in [0.29, 0.717) is 5.02 Å². The predicted molar refractivity (Wildman–Crippen MR) is 80.2 cm³/mol. The van der Waals surface area contributed by atoms with Crippen LogP contribution < -0.4 is 5.32 Å². The summed E-state index contributed by atoms with van der Waals surface area (Å²) in [4.78, 5) is 2.17. The summed E-state index contributed by atoms with van der Waals surface area (Å²) < 4.78 is 13.5. The maximum Gasteiger partial charge on any atom is 0.123 e. The predicted octanol–water partition coefficient (Wildman–Crippen LogP) is 3.86. The van der Waals surface area contributed by atoms with Crippen LogP contribution in [0.1, 0.15) is 38.8 Å². The summed E-state index contributed by atoms with van der Waals surface area (Å²) in [6.07, 6.45) is 0.935. The zero-order valence-electron chi connectivity index (χ0n) is 12.4. The molecule has 0 aliphatic rings.